The Kier molecular flexibility index (Phi) is 4.67. The van der Waals surface area contributed by atoms with Crippen molar-refractivity contribution < 1.29 is 17.9 Å². The highest BCUT2D eigenvalue weighted by atomic mass is 32.2. The highest BCUT2D eigenvalue weighted by Crippen LogP contribution is 2.32. The van der Waals surface area contributed by atoms with Crippen molar-refractivity contribution in [1.82, 2.24) is 0 Å². The molecule has 1 heterocycles. The van der Waals surface area contributed by atoms with Crippen LogP contribution in [0.1, 0.15) is 10.4 Å². The first-order chi connectivity index (χ1) is 9.84. The zero-order valence-electron chi connectivity index (χ0n) is 11.9. The van der Waals surface area contributed by atoms with E-state index in [2.05, 4.69) is 0 Å². The van der Waals surface area contributed by atoms with Crippen molar-refractivity contribution in [2.75, 3.05) is 42.0 Å². The third kappa shape index (κ3) is 3.44. The van der Waals surface area contributed by atoms with E-state index in [-0.39, 0.29) is 0 Å². The van der Waals surface area contributed by atoms with E-state index in [1.54, 1.807) is 34.9 Å². The van der Waals surface area contributed by atoms with Gasteiger partial charge in [0.1, 0.15) is 5.37 Å². The smallest absolute Gasteiger partial charge is 0.337 e. The second-order valence-electron chi connectivity index (χ2n) is 4.82. The largest absolute Gasteiger partial charge is 0.465 e. The number of nitrogen functional groups attached to an aromatic ring is 1. The third-order valence-electron chi connectivity index (χ3n) is 3.34. The lowest BCUT2D eigenvalue weighted by Gasteiger charge is -2.36. The molecule has 1 unspecified atom stereocenters. The monoisotopic (exact) mass is 330 g/mol. The number of methoxy groups -OCH3 is 1. The summed E-state index contributed by atoms with van der Waals surface area (Å²) < 4.78 is 28.6. The van der Waals surface area contributed by atoms with Crippen LogP contribution in [0, 0.1) is 0 Å². The summed E-state index contributed by atoms with van der Waals surface area (Å²) in [5.41, 5.74) is 7.34. The minimum Gasteiger partial charge on any atom is -0.465 e. The molecule has 1 aromatic rings. The number of carbonyl (C=O) groups is 1. The molecule has 1 aromatic carbocycles. The first-order valence-electron chi connectivity index (χ1n) is 6.35. The van der Waals surface area contributed by atoms with Crippen molar-refractivity contribution in [3.8, 4) is 0 Å². The van der Waals surface area contributed by atoms with Gasteiger partial charge in [0.25, 0.3) is 0 Å². The quantitative estimate of drug-likeness (QED) is 0.652. The maximum atomic E-state index is 12.0. The highest BCUT2D eigenvalue weighted by molar-refractivity contribution is 8.01. The second kappa shape index (κ2) is 6.15. The molecule has 1 saturated heterocycles. The molecule has 2 N–H and O–H groups in total. The SMILES string of the molecule is COC(=O)c1ccc(N)c(N2CCSCC2S(C)(=O)=O)c1. The van der Waals surface area contributed by atoms with Crippen molar-refractivity contribution >= 4 is 38.9 Å². The van der Waals surface area contributed by atoms with Gasteiger partial charge in [-0.1, -0.05) is 0 Å². The first kappa shape index (κ1) is 16.0. The molecule has 0 spiro atoms. The lowest BCUT2D eigenvalue weighted by molar-refractivity contribution is 0.0601. The van der Waals surface area contributed by atoms with Gasteiger partial charge in [-0.2, -0.15) is 11.8 Å². The van der Waals surface area contributed by atoms with Crippen molar-refractivity contribution in [2.24, 2.45) is 0 Å². The maximum Gasteiger partial charge on any atom is 0.337 e. The summed E-state index contributed by atoms with van der Waals surface area (Å²) in [6.07, 6.45) is 1.22. The van der Waals surface area contributed by atoms with E-state index in [9.17, 15) is 13.2 Å². The maximum absolute atomic E-state index is 12.0. The Labute approximate surface area is 128 Å². The van der Waals surface area contributed by atoms with Crippen molar-refractivity contribution in [3.05, 3.63) is 23.8 Å². The van der Waals surface area contributed by atoms with E-state index in [4.69, 9.17) is 10.5 Å². The summed E-state index contributed by atoms with van der Waals surface area (Å²) in [6, 6.07) is 4.76. The molecule has 1 aliphatic rings. The van der Waals surface area contributed by atoms with Crippen LogP contribution in [0.4, 0.5) is 11.4 Å². The Morgan fingerprint density at radius 3 is 2.81 bits per heavy atom. The predicted molar refractivity (Wildman–Crippen MR) is 85.5 cm³/mol. The number of hydrogen-bond donors (Lipinski definition) is 1. The first-order valence-corrected chi connectivity index (χ1v) is 9.46. The van der Waals surface area contributed by atoms with Crippen LogP contribution in [0.25, 0.3) is 0 Å². The fourth-order valence-corrected chi connectivity index (χ4v) is 5.08. The molecule has 116 valence electrons. The molecule has 8 heteroatoms. The summed E-state index contributed by atoms with van der Waals surface area (Å²) in [5.74, 6) is 0.827. The molecule has 0 radical (unpaired) electrons. The fourth-order valence-electron chi connectivity index (χ4n) is 2.25. The van der Waals surface area contributed by atoms with Gasteiger partial charge >= 0.3 is 5.97 Å². The van der Waals surface area contributed by atoms with E-state index in [0.29, 0.717) is 29.2 Å². The topological polar surface area (TPSA) is 89.7 Å². The predicted octanol–water partition coefficient (Wildman–Crippen LogP) is 0.979. The van der Waals surface area contributed by atoms with Gasteiger partial charge < -0.3 is 15.4 Å². The highest BCUT2D eigenvalue weighted by Gasteiger charge is 2.32. The summed E-state index contributed by atoms with van der Waals surface area (Å²) in [7, 11) is -1.94. The van der Waals surface area contributed by atoms with Gasteiger partial charge in [-0.15, -0.1) is 0 Å². The standard InChI is InChI=1S/C13H18N2O4S2/c1-19-13(16)9-3-4-10(14)11(7-9)15-5-6-20-8-12(15)21(2,17)18/h3-4,7,12H,5-6,8,14H2,1-2H3. The number of hydrogen-bond acceptors (Lipinski definition) is 7. The molecule has 21 heavy (non-hydrogen) atoms. The van der Waals surface area contributed by atoms with Crippen molar-refractivity contribution in [3.63, 3.8) is 0 Å². The molecular formula is C13H18N2O4S2. The summed E-state index contributed by atoms with van der Waals surface area (Å²) >= 11 is 1.60. The van der Waals surface area contributed by atoms with Gasteiger partial charge in [-0.25, -0.2) is 13.2 Å². The molecule has 0 bridgehead atoms. The lowest BCUT2D eigenvalue weighted by atomic mass is 10.1. The van der Waals surface area contributed by atoms with Crippen LogP contribution in [0.3, 0.4) is 0 Å². The zero-order chi connectivity index (χ0) is 15.6. The summed E-state index contributed by atoms with van der Waals surface area (Å²) in [4.78, 5) is 13.4. The molecule has 2 rings (SSSR count). The zero-order valence-corrected chi connectivity index (χ0v) is 13.5. The second-order valence-corrected chi connectivity index (χ2v) is 8.17. The number of sulfone groups is 1. The Hall–Kier alpha value is -1.41. The average Bonchev–Trinajstić information content (AvgIpc) is 2.46. The van der Waals surface area contributed by atoms with Crippen LogP contribution < -0.4 is 10.6 Å². The van der Waals surface area contributed by atoms with Crippen LogP contribution in [0.5, 0.6) is 0 Å². The molecule has 0 amide bonds. The molecular weight excluding hydrogens is 312 g/mol. The van der Waals surface area contributed by atoms with E-state index >= 15 is 0 Å². The normalized spacial score (nSPS) is 19.3. The number of nitrogens with two attached hydrogens (primary N) is 1. The van der Waals surface area contributed by atoms with Crippen molar-refractivity contribution in [2.45, 2.75) is 5.37 Å². The number of benzene rings is 1. The van der Waals surface area contributed by atoms with Crippen LogP contribution in [0.15, 0.2) is 18.2 Å². The number of anilines is 2. The van der Waals surface area contributed by atoms with Gasteiger partial charge in [0, 0.05) is 24.3 Å². The number of thioether (sulfide) groups is 1. The average molecular weight is 330 g/mol. The van der Waals surface area contributed by atoms with E-state index in [1.165, 1.54) is 13.4 Å². The lowest BCUT2D eigenvalue weighted by Crippen LogP contribution is -2.47. The van der Waals surface area contributed by atoms with E-state index in [0.717, 1.165) is 5.75 Å². The number of carbonyl (C=O) groups excluding carboxylic acids is 1. The summed E-state index contributed by atoms with van der Waals surface area (Å²) in [5, 5.41) is -0.633. The molecule has 1 atom stereocenters. The minimum atomic E-state index is -3.25. The van der Waals surface area contributed by atoms with Gasteiger partial charge in [0.15, 0.2) is 9.84 Å². The molecule has 0 saturated carbocycles. The van der Waals surface area contributed by atoms with Gasteiger partial charge in [-0.3, -0.25) is 0 Å². The summed E-state index contributed by atoms with van der Waals surface area (Å²) in [6.45, 7) is 0.567. The molecule has 6 nitrogen and oxygen atoms in total. The van der Waals surface area contributed by atoms with Gasteiger partial charge in [0.2, 0.25) is 0 Å². The third-order valence-corrected chi connectivity index (χ3v) is 5.98. The van der Waals surface area contributed by atoms with Crippen molar-refractivity contribution in [1.29, 1.82) is 0 Å². The van der Waals surface area contributed by atoms with Crippen LogP contribution in [-0.4, -0.2) is 51.2 Å². The van der Waals surface area contributed by atoms with Crippen LogP contribution >= 0.6 is 11.8 Å². The number of ether oxygens (including phenoxy) is 1. The van der Waals surface area contributed by atoms with Gasteiger partial charge in [0.05, 0.1) is 24.0 Å². The Balaban J connectivity index is 2.45. The molecule has 0 aromatic heterocycles. The van der Waals surface area contributed by atoms with Gasteiger partial charge in [-0.05, 0) is 18.2 Å². The number of esters is 1. The molecule has 0 aliphatic carbocycles. The number of nitrogens with zero attached hydrogens (tertiary/aromatic N) is 1. The Morgan fingerprint density at radius 2 is 2.19 bits per heavy atom. The van der Waals surface area contributed by atoms with E-state index < -0.39 is 21.2 Å². The molecule has 1 fully saturated rings. The van der Waals surface area contributed by atoms with Crippen LogP contribution in [0.2, 0.25) is 0 Å². The molecule has 1 aliphatic heterocycles. The Morgan fingerprint density at radius 1 is 1.48 bits per heavy atom. The van der Waals surface area contributed by atoms with E-state index in [1.807, 2.05) is 0 Å². The number of rotatable bonds is 3. The fraction of sp³-hybridized carbons (Fsp3) is 0.462. The minimum absolute atomic E-state index is 0.354. The van der Waals surface area contributed by atoms with Crippen LogP contribution in [-0.2, 0) is 14.6 Å². The Bertz CT molecular complexity index is 646.